The van der Waals surface area contributed by atoms with Crippen LogP contribution in [0, 0.1) is 0 Å². The molecule has 1 atom stereocenters. The minimum atomic E-state index is -0.562. The molecule has 1 spiro atoms. The van der Waals surface area contributed by atoms with Crippen molar-refractivity contribution in [1.82, 2.24) is 15.5 Å². The van der Waals surface area contributed by atoms with Crippen LogP contribution in [0.25, 0.3) is 0 Å². The SMILES string of the molecule is O=C1NC2(CCCCC2)C(=O)N1CC1CCCN1. The van der Waals surface area contributed by atoms with Crippen LogP contribution in [-0.2, 0) is 4.79 Å². The minimum Gasteiger partial charge on any atom is -0.323 e. The molecule has 1 aliphatic carbocycles. The fourth-order valence-corrected chi connectivity index (χ4v) is 3.47. The number of carbonyl (C=O) groups is 2. The van der Waals surface area contributed by atoms with Crippen LogP contribution < -0.4 is 10.6 Å². The number of nitrogens with one attached hydrogen (secondary N) is 2. The van der Waals surface area contributed by atoms with Crippen molar-refractivity contribution >= 4 is 11.9 Å². The lowest BCUT2D eigenvalue weighted by atomic mass is 9.82. The van der Waals surface area contributed by atoms with Crippen LogP contribution in [0.5, 0.6) is 0 Å². The zero-order valence-electron chi connectivity index (χ0n) is 10.7. The Kier molecular flexibility index (Phi) is 3.01. The Balaban J connectivity index is 1.71. The van der Waals surface area contributed by atoms with Gasteiger partial charge in [0.2, 0.25) is 0 Å². The maximum absolute atomic E-state index is 12.5. The van der Waals surface area contributed by atoms with E-state index in [1.54, 1.807) is 0 Å². The molecule has 2 saturated heterocycles. The molecule has 3 fully saturated rings. The Morgan fingerprint density at radius 2 is 1.94 bits per heavy atom. The highest BCUT2D eigenvalue weighted by Gasteiger charge is 2.51. The molecule has 2 aliphatic heterocycles. The van der Waals surface area contributed by atoms with Crippen LogP contribution in [-0.4, -0.2) is 41.5 Å². The molecule has 0 aromatic carbocycles. The Labute approximate surface area is 107 Å². The fourth-order valence-electron chi connectivity index (χ4n) is 3.47. The van der Waals surface area contributed by atoms with Crippen LogP contribution in [0.2, 0.25) is 0 Å². The van der Waals surface area contributed by atoms with E-state index in [1.807, 2.05) is 0 Å². The number of rotatable bonds is 2. The van der Waals surface area contributed by atoms with E-state index in [9.17, 15) is 9.59 Å². The summed E-state index contributed by atoms with van der Waals surface area (Å²) in [5, 5.41) is 6.29. The highest BCUT2D eigenvalue weighted by atomic mass is 16.2. The normalized spacial score (nSPS) is 31.1. The molecule has 1 unspecified atom stereocenters. The lowest BCUT2D eigenvalue weighted by Crippen LogP contribution is -2.49. The van der Waals surface area contributed by atoms with Gasteiger partial charge in [0, 0.05) is 12.6 Å². The number of nitrogens with zero attached hydrogens (tertiary/aromatic N) is 1. The van der Waals surface area contributed by atoms with E-state index >= 15 is 0 Å². The average molecular weight is 251 g/mol. The zero-order valence-corrected chi connectivity index (χ0v) is 10.7. The van der Waals surface area contributed by atoms with Gasteiger partial charge in [-0.25, -0.2) is 4.79 Å². The quantitative estimate of drug-likeness (QED) is 0.720. The fraction of sp³-hybridized carbons (Fsp3) is 0.846. The second-order valence-electron chi connectivity index (χ2n) is 5.78. The molecule has 2 heterocycles. The van der Waals surface area contributed by atoms with Gasteiger partial charge in [0.05, 0.1) is 0 Å². The van der Waals surface area contributed by atoms with Crippen LogP contribution in [0.15, 0.2) is 0 Å². The van der Waals surface area contributed by atoms with E-state index in [4.69, 9.17) is 0 Å². The van der Waals surface area contributed by atoms with Crippen LogP contribution in [0.4, 0.5) is 4.79 Å². The summed E-state index contributed by atoms with van der Waals surface area (Å²) in [6.45, 7) is 1.53. The Bertz CT molecular complexity index is 357. The van der Waals surface area contributed by atoms with E-state index in [0.717, 1.165) is 45.1 Å². The number of amides is 3. The van der Waals surface area contributed by atoms with Crippen molar-refractivity contribution < 1.29 is 9.59 Å². The van der Waals surface area contributed by atoms with Gasteiger partial charge in [0.25, 0.3) is 5.91 Å². The molecule has 0 radical (unpaired) electrons. The third kappa shape index (κ3) is 1.90. The largest absolute Gasteiger partial charge is 0.325 e. The highest BCUT2D eigenvalue weighted by molar-refractivity contribution is 6.07. The highest BCUT2D eigenvalue weighted by Crippen LogP contribution is 2.33. The summed E-state index contributed by atoms with van der Waals surface area (Å²) in [4.78, 5) is 25.9. The van der Waals surface area contributed by atoms with Gasteiger partial charge >= 0.3 is 6.03 Å². The predicted molar refractivity (Wildman–Crippen MR) is 67.1 cm³/mol. The monoisotopic (exact) mass is 251 g/mol. The van der Waals surface area contributed by atoms with Crippen LogP contribution in [0.3, 0.4) is 0 Å². The van der Waals surface area contributed by atoms with Crippen LogP contribution in [0.1, 0.15) is 44.9 Å². The first kappa shape index (κ1) is 12.0. The Hall–Kier alpha value is -1.10. The molecule has 3 rings (SSSR count). The van der Waals surface area contributed by atoms with Gasteiger partial charge in [-0.1, -0.05) is 19.3 Å². The van der Waals surface area contributed by atoms with E-state index < -0.39 is 5.54 Å². The maximum Gasteiger partial charge on any atom is 0.325 e. The predicted octanol–water partition coefficient (Wildman–Crippen LogP) is 0.993. The van der Waals surface area contributed by atoms with E-state index in [1.165, 1.54) is 11.3 Å². The molecule has 2 N–H and O–H groups in total. The summed E-state index contributed by atoms with van der Waals surface area (Å²) < 4.78 is 0. The van der Waals surface area contributed by atoms with Crippen molar-refractivity contribution in [3.05, 3.63) is 0 Å². The number of hydrogen-bond donors (Lipinski definition) is 2. The molecule has 18 heavy (non-hydrogen) atoms. The lowest BCUT2D eigenvalue weighted by molar-refractivity contribution is -0.132. The van der Waals surface area contributed by atoms with Crippen molar-refractivity contribution in [1.29, 1.82) is 0 Å². The molecule has 0 aromatic heterocycles. The van der Waals surface area contributed by atoms with Crippen molar-refractivity contribution in [2.45, 2.75) is 56.5 Å². The topological polar surface area (TPSA) is 61.4 Å². The maximum atomic E-state index is 12.5. The smallest absolute Gasteiger partial charge is 0.323 e. The Morgan fingerprint density at radius 3 is 2.61 bits per heavy atom. The van der Waals surface area contributed by atoms with Crippen molar-refractivity contribution in [3.63, 3.8) is 0 Å². The van der Waals surface area contributed by atoms with Gasteiger partial charge in [-0.15, -0.1) is 0 Å². The summed E-state index contributed by atoms with van der Waals surface area (Å²) in [7, 11) is 0. The number of carbonyl (C=O) groups excluding carboxylic acids is 2. The number of urea groups is 1. The summed E-state index contributed by atoms with van der Waals surface area (Å²) in [5.41, 5.74) is -0.562. The van der Waals surface area contributed by atoms with Crippen molar-refractivity contribution in [2.24, 2.45) is 0 Å². The third-order valence-corrected chi connectivity index (χ3v) is 4.52. The molecule has 100 valence electrons. The first-order chi connectivity index (χ1) is 8.71. The number of hydrogen-bond acceptors (Lipinski definition) is 3. The summed E-state index contributed by atoms with van der Waals surface area (Å²) >= 11 is 0. The van der Waals surface area contributed by atoms with Gasteiger partial charge in [-0.2, -0.15) is 0 Å². The molecule has 0 bridgehead atoms. The average Bonchev–Trinajstić information content (AvgIpc) is 2.95. The van der Waals surface area contributed by atoms with Crippen molar-refractivity contribution in [2.75, 3.05) is 13.1 Å². The Morgan fingerprint density at radius 1 is 1.17 bits per heavy atom. The van der Waals surface area contributed by atoms with Gasteiger partial charge in [-0.05, 0) is 32.2 Å². The second-order valence-corrected chi connectivity index (χ2v) is 5.78. The molecular formula is C13H21N3O2. The first-order valence-electron chi connectivity index (χ1n) is 7.09. The minimum absolute atomic E-state index is 0.0147. The summed E-state index contributed by atoms with van der Waals surface area (Å²) in [6.07, 6.45) is 7.08. The third-order valence-electron chi connectivity index (χ3n) is 4.52. The molecule has 0 aromatic rings. The van der Waals surface area contributed by atoms with Gasteiger partial charge in [-0.3, -0.25) is 9.69 Å². The van der Waals surface area contributed by atoms with Gasteiger partial charge in [0.15, 0.2) is 0 Å². The van der Waals surface area contributed by atoms with Crippen LogP contribution >= 0.6 is 0 Å². The lowest BCUT2D eigenvalue weighted by Gasteiger charge is -2.30. The van der Waals surface area contributed by atoms with Crippen molar-refractivity contribution in [3.8, 4) is 0 Å². The summed E-state index contributed by atoms with van der Waals surface area (Å²) in [5.74, 6) is 0.0147. The molecular weight excluding hydrogens is 230 g/mol. The first-order valence-corrected chi connectivity index (χ1v) is 7.09. The van der Waals surface area contributed by atoms with E-state index in [2.05, 4.69) is 10.6 Å². The standard InChI is InChI=1S/C13H21N3O2/c17-11-13(6-2-1-3-7-13)15-12(18)16(11)9-10-5-4-8-14-10/h10,14H,1-9H2,(H,15,18). The van der Waals surface area contributed by atoms with Gasteiger partial charge in [0.1, 0.15) is 5.54 Å². The molecule has 1 saturated carbocycles. The zero-order chi connectivity index (χ0) is 12.6. The van der Waals surface area contributed by atoms with Gasteiger partial charge < -0.3 is 10.6 Å². The molecule has 5 nitrogen and oxygen atoms in total. The molecule has 3 aliphatic rings. The van der Waals surface area contributed by atoms with E-state index in [-0.39, 0.29) is 11.9 Å². The summed E-state index contributed by atoms with van der Waals surface area (Å²) in [6, 6.07) is 0.106. The van der Waals surface area contributed by atoms with E-state index in [0.29, 0.717) is 12.6 Å². The number of imide groups is 1. The molecule has 3 amide bonds. The molecule has 5 heteroatoms. The second kappa shape index (κ2) is 4.53.